The standard InChI is InChI=1S/C14H21N3O3S/c1-9(12-17-11(8-21-12)13(18)19)16-14(20)15-7-10-5-3-2-4-6-10/h8-10H,2-7H2,1H3,(H,18,19)(H2,15,16,20). The van der Waals surface area contributed by atoms with Crippen molar-refractivity contribution in [2.45, 2.75) is 45.1 Å². The molecule has 1 saturated carbocycles. The first-order chi connectivity index (χ1) is 10.1. The van der Waals surface area contributed by atoms with Gasteiger partial charge in [-0.25, -0.2) is 14.6 Å². The molecule has 0 aromatic carbocycles. The van der Waals surface area contributed by atoms with Crippen LogP contribution in [0.2, 0.25) is 0 Å². The summed E-state index contributed by atoms with van der Waals surface area (Å²) < 4.78 is 0. The van der Waals surface area contributed by atoms with Crippen LogP contribution in [0.25, 0.3) is 0 Å². The van der Waals surface area contributed by atoms with Gasteiger partial charge in [0, 0.05) is 11.9 Å². The number of aromatic carboxylic acids is 1. The van der Waals surface area contributed by atoms with Crippen LogP contribution in [0.1, 0.15) is 60.6 Å². The van der Waals surface area contributed by atoms with Gasteiger partial charge >= 0.3 is 12.0 Å². The van der Waals surface area contributed by atoms with Gasteiger partial charge < -0.3 is 15.7 Å². The van der Waals surface area contributed by atoms with Gasteiger partial charge in [0.15, 0.2) is 5.69 Å². The summed E-state index contributed by atoms with van der Waals surface area (Å²) in [6.45, 7) is 2.50. The number of nitrogens with one attached hydrogen (secondary N) is 2. The number of hydrogen-bond acceptors (Lipinski definition) is 4. The van der Waals surface area contributed by atoms with E-state index >= 15 is 0 Å². The molecule has 2 rings (SSSR count). The SMILES string of the molecule is CC(NC(=O)NCC1CCCCC1)c1nc(C(=O)O)cs1. The van der Waals surface area contributed by atoms with E-state index in [0.29, 0.717) is 17.5 Å². The van der Waals surface area contributed by atoms with Gasteiger partial charge in [-0.15, -0.1) is 11.3 Å². The number of urea groups is 1. The van der Waals surface area contributed by atoms with Crippen molar-refractivity contribution in [2.75, 3.05) is 6.54 Å². The van der Waals surface area contributed by atoms with Crippen LogP contribution in [0.5, 0.6) is 0 Å². The Morgan fingerprint density at radius 2 is 2.14 bits per heavy atom. The van der Waals surface area contributed by atoms with Gasteiger partial charge in [-0.1, -0.05) is 19.3 Å². The van der Waals surface area contributed by atoms with Gasteiger partial charge in [-0.3, -0.25) is 0 Å². The molecule has 1 heterocycles. The van der Waals surface area contributed by atoms with Gasteiger partial charge in [0.05, 0.1) is 6.04 Å². The van der Waals surface area contributed by atoms with Crippen LogP contribution in [0.3, 0.4) is 0 Å². The number of carbonyl (C=O) groups is 2. The molecule has 0 aliphatic heterocycles. The number of hydrogen-bond donors (Lipinski definition) is 3. The number of nitrogens with zero attached hydrogens (tertiary/aromatic N) is 1. The van der Waals surface area contributed by atoms with E-state index in [0.717, 1.165) is 0 Å². The van der Waals surface area contributed by atoms with Crippen LogP contribution >= 0.6 is 11.3 Å². The molecule has 6 nitrogen and oxygen atoms in total. The molecule has 1 aromatic rings. The molecule has 1 atom stereocenters. The first kappa shape index (κ1) is 15.8. The zero-order valence-electron chi connectivity index (χ0n) is 12.1. The second kappa shape index (κ2) is 7.40. The number of carbonyl (C=O) groups excluding carboxylic acids is 1. The van der Waals surface area contributed by atoms with Crippen LogP contribution in [0.15, 0.2) is 5.38 Å². The highest BCUT2D eigenvalue weighted by Gasteiger charge is 2.17. The molecule has 116 valence electrons. The third-order valence-electron chi connectivity index (χ3n) is 3.74. The smallest absolute Gasteiger partial charge is 0.355 e. The Morgan fingerprint density at radius 3 is 2.76 bits per heavy atom. The van der Waals surface area contributed by atoms with Crippen molar-refractivity contribution < 1.29 is 14.7 Å². The zero-order valence-corrected chi connectivity index (χ0v) is 12.9. The molecule has 1 aromatic heterocycles. The number of thiazole rings is 1. The van der Waals surface area contributed by atoms with E-state index in [1.807, 2.05) is 0 Å². The van der Waals surface area contributed by atoms with Crippen molar-refractivity contribution in [3.05, 3.63) is 16.1 Å². The van der Waals surface area contributed by atoms with Crippen molar-refractivity contribution in [1.29, 1.82) is 0 Å². The minimum Gasteiger partial charge on any atom is -0.476 e. The number of carboxylic acid groups (broad SMARTS) is 1. The minimum absolute atomic E-state index is 0.0197. The van der Waals surface area contributed by atoms with Crippen LogP contribution in [0, 0.1) is 5.92 Å². The van der Waals surface area contributed by atoms with Crippen molar-refractivity contribution in [1.82, 2.24) is 15.6 Å². The topological polar surface area (TPSA) is 91.3 Å². The van der Waals surface area contributed by atoms with E-state index in [9.17, 15) is 9.59 Å². The molecule has 1 aliphatic rings. The normalized spacial score (nSPS) is 17.2. The highest BCUT2D eigenvalue weighted by atomic mass is 32.1. The molecule has 1 unspecified atom stereocenters. The molecule has 0 saturated heterocycles. The van der Waals surface area contributed by atoms with Gasteiger partial charge in [0.1, 0.15) is 5.01 Å². The molecule has 0 radical (unpaired) electrons. The molecule has 3 N–H and O–H groups in total. The summed E-state index contributed by atoms with van der Waals surface area (Å²) in [6, 6.07) is -0.519. The van der Waals surface area contributed by atoms with Crippen LogP contribution < -0.4 is 10.6 Å². The second-order valence-electron chi connectivity index (χ2n) is 5.46. The van der Waals surface area contributed by atoms with Crippen LogP contribution in [-0.2, 0) is 0 Å². The third-order valence-corrected chi connectivity index (χ3v) is 4.76. The Bertz CT molecular complexity index is 497. The van der Waals surface area contributed by atoms with Gasteiger partial charge in [0.2, 0.25) is 0 Å². The molecule has 7 heteroatoms. The lowest BCUT2D eigenvalue weighted by Crippen LogP contribution is -2.39. The van der Waals surface area contributed by atoms with Crippen molar-refractivity contribution >= 4 is 23.3 Å². The fourth-order valence-electron chi connectivity index (χ4n) is 2.52. The molecular weight excluding hydrogens is 290 g/mol. The molecule has 2 amide bonds. The van der Waals surface area contributed by atoms with Crippen LogP contribution in [0.4, 0.5) is 4.79 Å². The fraction of sp³-hybridized carbons (Fsp3) is 0.643. The summed E-state index contributed by atoms with van der Waals surface area (Å²) in [7, 11) is 0. The molecule has 21 heavy (non-hydrogen) atoms. The molecular formula is C14H21N3O3S. The lowest BCUT2D eigenvalue weighted by Gasteiger charge is -2.22. The minimum atomic E-state index is -1.05. The number of aromatic nitrogens is 1. The van der Waals surface area contributed by atoms with Crippen molar-refractivity contribution in [2.24, 2.45) is 5.92 Å². The predicted octanol–water partition coefficient (Wildman–Crippen LogP) is 2.78. The maximum Gasteiger partial charge on any atom is 0.355 e. The first-order valence-electron chi connectivity index (χ1n) is 7.29. The summed E-state index contributed by atoms with van der Waals surface area (Å²) in [5.74, 6) is -0.468. The number of rotatable bonds is 5. The monoisotopic (exact) mass is 311 g/mol. The van der Waals surface area contributed by atoms with E-state index in [4.69, 9.17) is 5.11 Å². The number of carboxylic acids is 1. The van der Waals surface area contributed by atoms with E-state index in [-0.39, 0.29) is 17.8 Å². The van der Waals surface area contributed by atoms with Crippen molar-refractivity contribution in [3.8, 4) is 0 Å². The van der Waals surface area contributed by atoms with Gasteiger partial charge in [-0.05, 0) is 25.7 Å². The fourth-order valence-corrected chi connectivity index (χ4v) is 3.32. The zero-order chi connectivity index (χ0) is 15.2. The Kier molecular flexibility index (Phi) is 5.55. The van der Waals surface area contributed by atoms with Gasteiger partial charge in [-0.2, -0.15) is 0 Å². The molecule has 1 fully saturated rings. The van der Waals surface area contributed by atoms with E-state index in [1.54, 1.807) is 6.92 Å². The Labute approximate surface area is 128 Å². The summed E-state index contributed by atoms with van der Waals surface area (Å²) >= 11 is 1.24. The molecule has 0 bridgehead atoms. The third kappa shape index (κ3) is 4.70. The maximum absolute atomic E-state index is 11.8. The lowest BCUT2D eigenvalue weighted by molar-refractivity contribution is 0.0691. The quantitative estimate of drug-likeness (QED) is 0.779. The lowest BCUT2D eigenvalue weighted by atomic mass is 9.89. The highest BCUT2D eigenvalue weighted by Crippen LogP contribution is 2.22. The van der Waals surface area contributed by atoms with E-state index < -0.39 is 5.97 Å². The van der Waals surface area contributed by atoms with Gasteiger partial charge in [0.25, 0.3) is 0 Å². The predicted molar refractivity (Wildman–Crippen MR) is 80.6 cm³/mol. The Balaban J connectivity index is 1.76. The number of amides is 2. The summed E-state index contributed by atoms with van der Waals surface area (Å²) in [5, 5.41) is 16.6. The summed E-state index contributed by atoms with van der Waals surface area (Å²) in [4.78, 5) is 26.6. The average molecular weight is 311 g/mol. The maximum atomic E-state index is 11.8. The summed E-state index contributed by atoms with van der Waals surface area (Å²) in [6.07, 6.45) is 6.17. The Hall–Kier alpha value is -1.63. The average Bonchev–Trinajstić information content (AvgIpc) is 2.96. The Morgan fingerprint density at radius 1 is 1.43 bits per heavy atom. The first-order valence-corrected chi connectivity index (χ1v) is 8.17. The summed E-state index contributed by atoms with van der Waals surface area (Å²) in [5.41, 5.74) is 0.0197. The molecule has 1 aliphatic carbocycles. The van der Waals surface area contributed by atoms with E-state index in [1.165, 1.54) is 48.8 Å². The van der Waals surface area contributed by atoms with Crippen molar-refractivity contribution in [3.63, 3.8) is 0 Å². The highest BCUT2D eigenvalue weighted by molar-refractivity contribution is 7.09. The molecule has 0 spiro atoms. The van der Waals surface area contributed by atoms with Crippen LogP contribution in [-0.4, -0.2) is 28.6 Å². The largest absolute Gasteiger partial charge is 0.476 e. The second-order valence-corrected chi connectivity index (χ2v) is 6.35. The van der Waals surface area contributed by atoms with E-state index in [2.05, 4.69) is 15.6 Å².